The first kappa shape index (κ1) is 23.1. The van der Waals surface area contributed by atoms with Crippen molar-refractivity contribution in [3.8, 4) is 0 Å². The molecule has 0 aliphatic carbocycles. The molecule has 0 spiro atoms. The number of aromatic nitrogens is 1. The van der Waals surface area contributed by atoms with Crippen molar-refractivity contribution in [1.82, 2.24) is 15.2 Å². The Bertz CT molecular complexity index is 783. The van der Waals surface area contributed by atoms with Gasteiger partial charge in [-0.3, -0.25) is 0 Å². The zero-order chi connectivity index (χ0) is 19.9. The Balaban J connectivity index is 0.00000256. The molecular weight excluding hydrogens is 507 g/mol. The van der Waals surface area contributed by atoms with E-state index in [-0.39, 0.29) is 24.0 Å². The van der Waals surface area contributed by atoms with E-state index in [0.29, 0.717) is 6.54 Å². The van der Waals surface area contributed by atoms with Crippen LogP contribution in [0, 0.1) is 0 Å². The fraction of sp³-hybridized carbons (Fsp3) is 0.545. The smallest absolute Gasteiger partial charge is 0.194 e. The zero-order valence-electron chi connectivity index (χ0n) is 17.8. The van der Waals surface area contributed by atoms with Gasteiger partial charge in [-0.2, -0.15) is 0 Å². The molecule has 2 aliphatic heterocycles. The van der Waals surface area contributed by atoms with E-state index in [0.717, 1.165) is 57.6 Å². The number of guanidine groups is 1. The normalized spacial score (nSPS) is 17.6. The number of thiophene rings is 1. The average molecular weight is 541 g/mol. The summed E-state index contributed by atoms with van der Waals surface area (Å²) in [6.45, 7) is 10.0. The van der Waals surface area contributed by atoms with Crippen molar-refractivity contribution in [3.63, 3.8) is 0 Å². The Labute approximate surface area is 201 Å². The molecule has 2 saturated heterocycles. The monoisotopic (exact) mass is 540 g/mol. The van der Waals surface area contributed by atoms with Crippen molar-refractivity contribution < 1.29 is 0 Å². The number of halogens is 1. The lowest BCUT2D eigenvalue weighted by Gasteiger charge is -2.37. The van der Waals surface area contributed by atoms with Crippen LogP contribution in [0.1, 0.15) is 31.7 Å². The molecule has 30 heavy (non-hydrogen) atoms. The Morgan fingerprint density at radius 1 is 1.07 bits per heavy atom. The Hall–Kier alpha value is -1.55. The highest BCUT2D eigenvalue weighted by atomic mass is 127. The minimum Gasteiger partial charge on any atom is -0.360 e. The van der Waals surface area contributed by atoms with Gasteiger partial charge in [-0.25, -0.2) is 9.98 Å². The quantitative estimate of drug-likeness (QED) is 0.353. The SMILES string of the molecule is CCNC(=NCc1ccnc(N2CCCCC2)c1)N1CCN(c2cccs2)CC1.I. The highest BCUT2D eigenvalue weighted by Gasteiger charge is 2.20. The molecule has 8 heteroatoms. The summed E-state index contributed by atoms with van der Waals surface area (Å²) in [6.07, 6.45) is 5.81. The van der Waals surface area contributed by atoms with Gasteiger partial charge >= 0.3 is 0 Å². The van der Waals surface area contributed by atoms with Crippen LogP contribution in [-0.2, 0) is 6.54 Å². The number of anilines is 2. The third kappa shape index (κ3) is 6.00. The van der Waals surface area contributed by atoms with E-state index in [2.05, 4.69) is 61.6 Å². The third-order valence-electron chi connectivity index (χ3n) is 5.63. The second-order valence-corrected chi connectivity index (χ2v) is 8.59. The summed E-state index contributed by atoms with van der Waals surface area (Å²) in [5, 5.41) is 7.01. The first-order valence-corrected chi connectivity index (χ1v) is 11.7. The molecule has 0 atom stereocenters. The number of piperazine rings is 1. The zero-order valence-corrected chi connectivity index (χ0v) is 20.9. The first-order chi connectivity index (χ1) is 14.3. The molecule has 2 aromatic heterocycles. The van der Waals surface area contributed by atoms with Crippen LogP contribution in [0.4, 0.5) is 10.8 Å². The summed E-state index contributed by atoms with van der Waals surface area (Å²) in [5.74, 6) is 2.13. The Kier molecular flexibility index (Phi) is 9.05. The summed E-state index contributed by atoms with van der Waals surface area (Å²) in [5.41, 5.74) is 1.23. The van der Waals surface area contributed by atoms with E-state index in [1.165, 1.54) is 29.8 Å². The number of rotatable bonds is 5. The minimum atomic E-state index is 0. The third-order valence-corrected chi connectivity index (χ3v) is 6.56. The summed E-state index contributed by atoms with van der Waals surface area (Å²) < 4.78 is 0. The molecule has 0 bridgehead atoms. The lowest BCUT2D eigenvalue weighted by Crippen LogP contribution is -2.52. The lowest BCUT2D eigenvalue weighted by molar-refractivity contribution is 0.373. The van der Waals surface area contributed by atoms with E-state index in [1.807, 2.05) is 17.5 Å². The Morgan fingerprint density at radius 3 is 2.57 bits per heavy atom. The number of nitrogens with one attached hydrogen (secondary N) is 1. The van der Waals surface area contributed by atoms with Gasteiger partial charge in [0.05, 0.1) is 11.5 Å². The number of aliphatic imine (C=N–C) groups is 1. The van der Waals surface area contributed by atoms with Gasteiger partial charge < -0.3 is 20.0 Å². The van der Waals surface area contributed by atoms with Crippen LogP contribution in [-0.4, -0.2) is 61.7 Å². The van der Waals surface area contributed by atoms with E-state index in [4.69, 9.17) is 4.99 Å². The predicted octanol–water partition coefficient (Wildman–Crippen LogP) is 4.04. The van der Waals surface area contributed by atoms with E-state index >= 15 is 0 Å². The summed E-state index contributed by atoms with van der Waals surface area (Å²) in [7, 11) is 0. The average Bonchev–Trinajstić information content (AvgIpc) is 3.33. The van der Waals surface area contributed by atoms with Gasteiger partial charge in [0.2, 0.25) is 0 Å². The van der Waals surface area contributed by atoms with Crippen molar-refractivity contribution in [3.05, 3.63) is 41.4 Å². The molecule has 4 heterocycles. The van der Waals surface area contributed by atoms with Gasteiger partial charge in [0.15, 0.2) is 5.96 Å². The lowest BCUT2D eigenvalue weighted by atomic mass is 10.1. The molecule has 2 aromatic rings. The topological polar surface area (TPSA) is 47.0 Å². The minimum absolute atomic E-state index is 0. The fourth-order valence-corrected chi connectivity index (χ4v) is 4.82. The molecule has 0 aromatic carbocycles. The number of pyridine rings is 1. The largest absolute Gasteiger partial charge is 0.360 e. The molecular formula is C22H33IN6S. The van der Waals surface area contributed by atoms with Gasteiger partial charge in [-0.05, 0) is 61.4 Å². The molecule has 1 N–H and O–H groups in total. The van der Waals surface area contributed by atoms with Crippen LogP contribution >= 0.6 is 35.3 Å². The van der Waals surface area contributed by atoms with Gasteiger partial charge in [0.25, 0.3) is 0 Å². The van der Waals surface area contributed by atoms with Crippen LogP contribution in [0.2, 0.25) is 0 Å². The molecule has 2 fully saturated rings. The summed E-state index contributed by atoms with van der Waals surface area (Å²) >= 11 is 1.82. The van der Waals surface area contributed by atoms with Gasteiger partial charge in [-0.1, -0.05) is 0 Å². The van der Waals surface area contributed by atoms with Crippen LogP contribution in [0.5, 0.6) is 0 Å². The second-order valence-electron chi connectivity index (χ2n) is 7.67. The molecule has 0 radical (unpaired) electrons. The maximum Gasteiger partial charge on any atom is 0.194 e. The van der Waals surface area contributed by atoms with Crippen LogP contribution in [0.3, 0.4) is 0 Å². The van der Waals surface area contributed by atoms with Crippen LogP contribution in [0.15, 0.2) is 40.8 Å². The summed E-state index contributed by atoms with van der Waals surface area (Å²) in [6, 6.07) is 8.65. The number of hydrogen-bond donors (Lipinski definition) is 1. The van der Waals surface area contributed by atoms with Crippen molar-refractivity contribution in [1.29, 1.82) is 0 Å². The first-order valence-electron chi connectivity index (χ1n) is 10.8. The van der Waals surface area contributed by atoms with Crippen molar-refractivity contribution in [2.45, 2.75) is 32.7 Å². The standard InChI is InChI=1S/C22H32N6S.HI/c1-2-23-22(28-14-12-27(13-15-28)21-7-6-16-29-21)25-18-19-8-9-24-20(17-19)26-10-4-3-5-11-26;/h6-9,16-17H,2-5,10-15,18H2,1H3,(H,23,25);1H. The van der Waals surface area contributed by atoms with E-state index in [9.17, 15) is 0 Å². The van der Waals surface area contributed by atoms with Crippen molar-refractivity contribution >= 4 is 52.1 Å². The molecule has 2 aliphatic rings. The van der Waals surface area contributed by atoms with Crippen LogP contribution < -0.4 is 15.1 Å². The number of piperidine rings is 1. The highest BCUT2D eigenvalue weighted by molar-refractivity contribution is 14.0. The molecule has 0 unspecified atom stereocenters. The van der Waals surface area contributed by atoms with Gasteiger partial charge in [-0.15, -0.1) is 35.3 Å². The maximum atomic E-state index is 4.95. The maximum absolute atomic E-state index is 4.95. The van der Waals surface area contributed by atoms with Gasteiger partial charge in [0.1, 0.15) is 5.82 Å². The van der Waals surface area contributed by atoms with Crippen molar-refractivity contribution in [2.75, 3.05) is 55.6 Å². The Morgan fingerprint density at radius 2 is 1.87 bits per heavy atom. The molecule has 4 rings (SSSR count). The fourth-order valence-electron chi connectivity index (χ4n) is 4.04. The molecule has 0 saturated carbocycles. The molecule has 6 nitrogen and oxygen atoms in total. The van der Waals surface area contributed by atoms with E-state index < -0.39 is 0 Å². The predicted molar refractivity (Wildman–Crippen MR) is 139 cm³/mol. The highest BCUT2D eigenvalue weighted by Crippen LogP contribution is 2.22. The van der Waals surface area contributed by atoms with E-state index in [1.54, 1.807) is 0 Å². The van der Waals surface area contributed by atoms with Crippen molar-refractivity contribution in [2.24, 2.45) is 4.99 Å². The van der Waals surface area contributed by atoms with Crippen LogP contribution in [0.25, 0.3) is 0 Å². The molecule has 164 valence electrons. The molecule has 0 amide bonds. The summed E-state index contributed by atoms with van der Waals surface area (Å²) in [4.78, 5) is 16.8. The second kappa shape index (κ2) is 11.7. The number of nitrogens with zero attached hydrogens (tertiary/aromatic N) is 5. The number of hydrogen-bond acceptors (Lipinski definition) is 5. The van der Waals surface area contributed by atoms with Gasteiger partial charge in [0, 0.05) is 52.0 Å².